The molecule has 1 aromatic rings. The smallest absolute Gasteiger partial charge is 0.310 e. The summed E-state index contributed by atoms with van der Waals surface area (Å²) in [6.45, 7) is 2.08. The Morgan fingerprint density at radius 1 is 1.47 bits per heavy atom. The van der Waals surface area contributed by atoms with Crippen molar-refractivity contribution >= 4 is 28.9 Å². The van der Waals surface area contributed by atoms with Crippen molar-refractivity contribution in [3.05, 3.63) is 22.7 Å². The van der Waals surface area contributed by atoms with Crippen molar-refractivity contribution in [2.24, 2.45) is 0 Å². The first-order chi connectivity index (χ1) is 7.04. The number of nitrogens with two attached hydrogens (primary N) is 2. The highest BCUT2D eigenvalue weighted by Crippen LogP contribution is 2.27. The van der Waals surface area contributed by atoms with Gasteiger partial charge in [0.05, 0.1) is 23.7 Å². The van der Waals surface area contributed by atoms with E-state index in [1.54, 1.807) is 19.1 Å². The fourth-order valence-corrected chi connectivity index (χ4v) is 1.41. The molecule has 0 spiro atoms. The molecule has 0 bridgehead atoms. The van der Waals surface area contributed by atoms with Crippen LogP contribution < -0.4 is 11.5 Å². The molecule has 1 rings (SSSR count). The Balaban J connectivity index is 2.89. The molecule has 0 aromatic heterocycles. The molecule has 0 aliphatic heterocycles. The van der Waals surface area contributed by atoms with Crippen LogP contribution in [0.25, 0.3) is 0 Å². The number of anilines is 2. The molecule has 4 nitrogen and oxygen atoms in total. The molecule has 82 valence electrons. The highest BCUT2D eigenvalue weighted by Gasteiger charge is 2.10. The van der Waals surface area contributed by atoms with Gasteiger partial charge in [-0.05, 0) is 24.6 Å². The minimum atomic E-state index is -0.343. The normalized spacial score (nSPS) is 10.0. The maximum Gasteiger partial charge on any atom is 0.310 e. The summed E-state index contributed by atoms with van der Waals surface area (Å²) in [6.07, 6.45) is 0.0852. The predicted molar refractivity (Wildman–Crippen MR) is 60.6 cm³/mol. The molecule has 0 saturated heterocycles. The topological polar surface area (TPSA) is 78.3 Å². The largest absolute Gasteiger partial charge is 0.466 e. The molecular formula is C10H13ClN2O2. The summed E-state index contributed by atoms with van der Waals surface area (Å²) < 4.78 is 4.80. The monoisotopic (exact) mass is 228 g/mol. The average Bonchev–Trinajstić information content (AvgIpc) is 2.13. The maximum absolute atomic E-state index is 11.2. The van der Waals surface area contributed by atoms with Gasteiger partial charge in [0.25, 0.3) is 0 Å². The molecule has 0 fully saturated rings. The van der Waals surface area contributed by atoms with Crippen LogP contribution in [0.15, 0.2) is 12.1 Å². The second-order valence-corrected chi connectivity index (χ2v) is 3.44. The zero-order valence-electron chi connectivity index (χ0n) is 8.42. The molecular weight excluding hydrogens is 216 g/mol. The van der Waals surface area contributed by atoms with Gasteiger partial charge in [0.2, 0.25) is 0 Å². The first-order valence-corrected chi connectivity index (χ1v) is 4.91. The van der Waals surface area contributed by atoms with E-state index in [-0.39, 0.29) is 12.4 Å². The number of hydrogen-bond donors (Lipinski definition) is 2. The van der Waals surface area contributed by atoms with Crippen molar-refractivity contribution in [1.82, 2.24) is 0 Å². The molecule has 0 unspecified atom stereocenters. The van der Waals surface area contributed by atoms with Crippen molar-refractivity contribution < 1.29 is 9.53 Å². The number of carbonyl (C=O) groups excluding carboxylic acids is 1. The number of hydrogen-bond acceptors (Lipinski definition) is 4. The number of halogens is 1. The molecule has 5 heteroatoms. The summed E-state index contributed by atoms with van der Waals surface area (Å²) >= 11 is 5.92. The quantitative estimate of drug-likeness (QED) is 0.609. The molecule has 1 aromatic carbocycles. The second kappa shape index (κ2) is 4.89. The Hall–Kier alpha value is -1.42. The summed E-state index contributed by atoms with van der Waals surface area (Å²) in [6, 6.07) is 3.17. The highest BCUT2D eigenvalue weighted by atomic mass is 35.5. The van der Waals surface area contributed by atoms with Gasteiger partial charge in [-0.1, -0.05) is 11.6 Å². The predicted octanol–water partition coefficient (Wildman–Crippen LogP) is 1.61. The van der Waals surface area contributed by atoms with Gasteiger partial charge in [-0.25, -0.2) is 0 Å². The minimum Gasteiger partial charge on any atom is -0.466 e. The van der Waals surface area contributed by atoms with Crippen LogP contribution in [-0.2, 0) is 16.0 Å². The van der Waals surface area contributed by atoms with Crippen LogP contribution >= 0.6 is 11.6 Å². The Morgan fingerprint density at radius 3 is 2.73 bits per heavy atom. The van der Waals surface area contributed by atoms with E-state index in [4.69, 9.17) is 27.8 Å². The lowest BCUT2D eigenvalue weighted by Crippen LogP contribution is -2.09. The molecule has 0 radical (unpaired) electrons. The maximum atomic E-state index is 11.2. The molecule has 4 N–H and O–H groups in total. The molecule has 0 saturated carbocycles. The van der Waals surface area contributed by atoms with Crippen LogP contribution in [0.2, 0.25) is 5.02 Å². The summed E-state index contributed by atoms with van der Waals surface area (Å²) in [5, 5.41) is 0.359. The van der Waals surface area contributed by atoms with Crippen molar-refractivity contribution in [2.45, 2.75) is 13.3 Å². The van der Waals surface area contributed by atoms with E-state index in [0.717, 1.165) is 0 Å². The fraction of sp³-hybridized carbons (Fsp3) is 0.300. The van der Waals surface area contributed by atoms with E-state index >= 15 is 0 Å². The van der Waals surface area contributed by atoms with Crippen LogP contribution in [0.4, 0.5) is 11.4 Å². The zero-order chi connectivity index (χ0) is 11.4. The van der Waals surface area contributed by atoms with Gasteiger partial charge < -0.3 is 16.2 Å². The van der Waals surface area contributed by atoms with E-state index in [1.165, 1.54) is 0 Å². The fourth-order valence-electron chi connectivity index (χ4n) is 1.23. The Morgan fingerprint density at radius 2 is 2.13 bits per heavy atom. The van der Waals surface area contributed by atoms with Crippen molar-refractivity contribution in [1.29, 1.82) is 0 Å². The first-order valence-electron chi connectivity index (χ1n) is 4.53. The Bertz CT molecular complexity index is 380. The minimum absolute atomic E-state index is 0.0852. The molecule has 0 heterocycles. The summed E-state index contributed by atoms with van der Waals surface area (Å²) in [7, 11) is 0. The van der Waals surface area contributed by atoms with E-state index < -0.39 is 0 Å². The van der Waals surface area contributed by atoms with Gasteiger partial charge in [-0.2, -0.15) is 0 Å². The summed E-state index contributed by atoms with van der Waals surface area (Å²) in [5.74, 6) is -0.343. The number of carbonyl (C=O) groups is 1. The van der Waals surface area contributed by atoms with Crippen molar-refractivity contribution in [2.75, 3.05) is 18.1 Å². The van der Waals surface area contributed by atoms with Crippen LogP contribution in [0, 0.1) is 0 Å². The first kappa shape index (κ1) is 11.7. The van der Waals surface area contributed by atoms with Crippen LogP contribution in [0.5, 0.6) is 0 Å². The SMILES string of the molecule is CCOC(=O)Cc1cc(N)cc(N)c1Cl. The standard InChI is InChI=1S/C10H13ClN2O2/c1-2-15-9(14)4-6-3-7(12)5-8(13)10(6)11/h3,5H,2,4,12-13H2,1H3. The van der Waals surface area contributed by atoms with Crippen molar-refractivity contribution in [3.63, 3.8) is 0 Å². The third-order valence-electron chi connectivity index (χ3n) is 1.84. The second-order valence-electron chi connectivity index (χ2n) is 3.07. The molecule has 0 atom stereocenters. The average molecular weight is 229 g/mol. The van der Waals surface area contributed by atoms with E-state index in [0.29, 0.717) is 28.6 Å². The molecule has 15 heavy (non-hydrogen) atoms. The third kappa shape index (κ3) is 3.02. The van der Waals surface area contributed by atoms with Gasteiger partial charge in [0.1, 0.15) is 0 Å². The number of rotatable bonds is 3. The van der Waals surface area contributed by atoms with Crippen LogP contribution in [0.1, 0.15) is 12.5 Å². The number of esters is 1. The third-order valence-corrected chi connectivity index (χ3v) is 2.30. The van der Waals surface area contributed by atoms with Gasteiger partial charge in [0, 0.05) is 5.69 Å². The van der Waals surface area contributed by atoms with E-state index in [9.17, 15) is 4.79 Å². The number of ether oxygens (including phenoxy) is 1. The van der Waals surface area contributed by atoms with Gasteiger partial charge >= 0.3 is 5.97 Å². The van der Waals surface area contributed by atoms with E-state index in [2.05, 4.69) is 0 Å². The number of benzene rings is 1. The summed E-state index contributed by atoms with van der Waals surface area (Å²) in [5.41, 5.74) is 12.6. The van der Waals surface area contributed by atoms with Crippen LogP contribution in [0.3, 0.4) is 0 Å². The molecule has 0 aliphatic carbocycles. The zero-order valence-corrected chi connectivity index (χ0v) is 9.17. The lowest BCUT2D eigenvalue weighted by atomic mass is 10.1. The van der Waals surface area contributed by atoms with Crippen molar-refractivity contribution in [3.8, 4) is 0 Å². The highest BCUT2D eigenvalue weighted by molar-refractivity contribution is 6.34. The van der Waals surface area contributed by atoms with Gasteiger partial charge in [-0.3, -0.25) is 4.79 Å². The van der Waals surface area contributed by atoms with Gasteiger partial charge in [-0.15, -0.1) is 0 Å². The Labute approximate surface area is 93.1 Å². The van der Waals surface area contributed by atoms with E-state index in [1.807, 2.05) is 0 Å². The molecule has 0 amide bonds. The molecule has 0 aliphatic rings. The van der Waals surface area contributed by atoms with Gasteiger partial charge in [0.15, 0.2) is 0 Å². The lowest BCUT2D eigenvalue weighted by Gasteiger charge is -2.07. The van der Waals surface area contributed by atoms with Crippen LogP contribution in [-0.4, -0.2) is 12.6 Å². The summed E-state index contributed by atoms with van der Waals surface area (Å²) in [4.78, 5) is 11.2. The Kier molecular flexibility index (Phi) is 3.80. The lowest BCUT2D eigenvalue weighted by molar-refractivity contribution is -0.142. The number of nitrogen functional groups attached to an aromatic ring is 2.